The molecule has 0 aromatic heterocycles. The fraction of sp³-hybridized carbons (Fsp3) is 0.316. The minimum absolute atomic E-state index is 0. The van der Waals surface area contributed by atoms with Gasteiger partial charge >= 0.3 is 0 Å². The largest absolute Gasteiger partial charge is 0.345 e. The Kier molecular flexibility index (Phi) is 6.79. The van der Waals surface area contributed by atoms with Gasteiger partial charge in [-0.25, -0.2) is 0 Å². The summed E-state index contributed by atoms with van der Waals surface area (Å²) in [5.41, 5.74) is 8.30. The number of rotatable bonds is 4. The first-order valence-corrected chi connectivity index (χ1v) is 7.56. The van der Waals surface area contributed by atoms with Gasteiger partial charge in [0.1, 0.15) is 0 Å². The summed E-state index contributed by atoms with van der Waals surface area (Å²) in [6.45, 7) is 6.87. The van der Waals surface area contributed by atoms with Crippen LogP contribution < -0.4 is 11.1 Å². The van der Waals surface area contributed by atoms with Crippen molar-refractivity contribution in [1.29, 1.82) is 0 Å². The molecule has 3 nitrogen and oxygen atoms in total. The average molecular weight is 333 g/mol. The van der Waals surface area contributed by atoms with Gasteiger partial charge in [-0.3, -0.25) is 4.79 Å². The van der Waals surface area contributed by atoms with Crippen molar-refractivity contribution in [2.75, 3.05) is 0 Å². The monoisotopic (exact) mass is 332 g/mol. The third-order valence-corrected chi connectivity index (χ3v) is 3.73. The predicted octanol–water partition coefficient (Wildman–Crippen LogP) is 4.08. The van der Waals surface area contributed by atoms with Crippen LogP contribution in [0.2, 0.25) is 0 Å². The van der Waals surface area contributed by atoms with Crippen LogP contribution in [0.3, 0.4) is 0 Å². The zero-order valence-electron chi connectivity index (χ0n) is 13.9. The third-order valence-electron chi connectivity index (χ3n) is 3.73. The molecule has 0 aliphatic carbocycles. The van der Waals surface area contributed by atoms with E-state index in [4.69, 9.17) is 5.73 Å². The number of hydrogen-bond acceptors (Lipinski definition) is 2. The van der Waals surface area contributed by atoms with Gasteiger partial charge in [0.15, 0.2) is 0 Å². The fourth-order valence-electron chi connectivity index (χ4n) is 2.45. The standard InChI is InChI=1S/C19H24N2O.ClH/c1-19(2,3)17(15-7-5-4-6-8-15)21-18(22)16-11-9-14(13-20)10-12-16;/h4-12,17H,13,20H2,1-3H3,(H,21,22);1H. The molecule has 0 aliphatic rings. The van der Waals surface area contributed by atoms with Crippen molar-refractivity contribution in [1.82, 2.24) is 5.32 Å². The molecular weight excluding hydrogens is 308 g/mol. The van der Waals surface area contributed by atoms with Crippen LogP contribution in [-0.2, 0) is 6.54 Å². The summed E-state index contributed by atoms with van der Waals surface area (Å²) in [6, 6.07) is 17.5. The molecule has 0 radical (unpaired) electrons. The van der Waals surface area contributed by atoms with E-state index in [9.17, 15) is 4.79 Å². The molecule has 2 aromatic carbocycles. The van der Waals surface area contributed by atoms with Gasteiger partial charge in [0.05, 0.1) is 6.04 Å². The second kappa shape index (κ2) is 8.14. The second-order valence-corrected chi connectivity index (χ2v) is 6.58. The van der Waals surface area contributed by atoms with E-state index in [0.29, 0.717) is 12.1 Å². The fourth-order valence-corrected chi connectivity index (χ4v) is 2.45. The van der Waals surface area contributed by atoms with Crippen molar-refractivity contribution in [2.24, 2.45) is 11.1 Å². The maximum atomic E-state index is 12.5. The SMILES string of the molecule is CC(C)(C)C(NC(=O)c1ccc(CN)cc1)c1ccccc1.Cl. The molecule has 0 saturated carbocycles. The van der Waals surface area contributed by atoms with Crippen LogP contribution in [0.1, 0.15) is 48.3 Å². The summed E-state index contributed by atoms with van der Waals surface area (Å²) in [7, 11) is 0. The van der Waals surface area contributed by atoms with Gasteiger partial charge in [-0.2, -0.15) is 0 Å². The maximum absolute atomic E-state index is 12.5. The molecule has 0 bridgehead atoms. The van der Waals surface area contributed by atoms with Crippen molar-refractivity contribution in [2.45, 2.75) is 33.4 Å². The van der Waals surface area contributed by atoms with E-state index >= 15 is 0 Å². The van der Waals surface area contributed by atoms with Crippen LogP contribution in [0.25, 0.3) is 0 Å². The highest BCUT2D eigenvalue weighted by Gasteiger charge is 2.27. The smallest absolute Gasteiger partial charge is 0.251 e. The lowest BCUT2D eigenvalue weighted by molar-refractivity contribution is 0.0901. The van der Waals surface area contributed by atoms with E-state index in [0.717, 1.165) is 11.1 Å². The highest BCUT2D eigenvalue weighted by Crippen LogP contribution is 2.32. The Morgan fingerprint density at radius 3 is 2.09 bits per heavy atom. The van der Waals surface area contributed by atoms with E-state index in [-0.39, 0.29) is 29.8 Å². The molecule has 0 aliphatic heterocycles. The molecule has 0 heterocycles. The van der Waals surface area contributed by atoms with Gasteiger partial charge in [0.2, 0.25) is 0 Å². The van der Waals surface area contributed by atoms with E-state index < -0.39 is 0 Å². The Labute approximate surface area is 144 Å². The Hall–Kier alpha value is -1.84. The molecule has 2 rings (SSSR count). The number of nitrogens with one attached hydrogen (secondary N) is 1. The van der Waals surface area contributed by atoms with Gasteiger partial charge in [-0.05, 0) is 28.7 Å². The van der Waals surface area contributed by atoms with Crippen LogP contribution in [0.5, 0.6) is 0 Å². The number of carbonyl (C=O) groups is 1. The molecule has 1 unspecified atom stereocenters. The normalized spacial score (nSPS) is 12.2. The number of hydrogen-bond donors (Lipinski definition) is 2. The summed E-state index contributed by atoms with van der Waals surface area (Å²) in [6.07, 6.45) is 0. The number of benzene rings is 2. The van der Waals surface area contributed by atoms with Gasteiger partial charge in [-0.15, -0.1) is 12.4 Å². The van der Waals surface area contributed by atoms with E-state index in [1.807, 2.05) is 54.6 Å². The number of halogens is 1. The predicted molar refractivity (Wildman–Crippen MR) is 97.7 cm³/mol. The number of nitrogens with two attached hydrogens (primary N) is 1. The lowest BCUT2D eigenvalue weighted by Crippen LogP contribution is -2.36. The van der Waals surface area contributed by atoms with Gasteiger partial charge in [0.25, 0.3) is 5.91 Å². The summed E-state index contributed by atoms with van der Waals surface area (Å²) in [5.74, 6) is -0.0626. The van der Waals surface area contributed by atoms with E-state index in [1.54, 1.807) is 0 Å². The van der Waals surface area contributed by atoms with E-state index in [2.05, 4.69) is 26.1 Å². The van der Waals surface area contributed by atoms with Crippen LogP contribution in [0.4, 0.5) is 0 Å². The number of amides is 1. The lowest BCUT2D eigenvalue weighted by Gasteiger charge is -2.32. The van der Waals surface area contributed by atoms with Gasteiger partial charge < -0.3 is 11.1 Å². The molecule has 23 heavy (non-hydrogen) atoms. The molecule has 3 N–H and O–H groups in total. The summed E-state index contributed by atoms with van der Waals surface area (Å²) in [4.78, 5) is 12.5. The van der Waals surface area contributed by atoms with Crippen molar-refractivity contribution >= 4 is 18.3 Å². The summed E-state index contributed by atoms with van der Waals surface area (Å²) >= 11 is 0. The Morgan fingerprint density at radius 2 is 1.61 bits per heavy atom. The molecule has 0 spiro atoms. The first-order chi connectivity index (χ1) is 10.4. The Bertz CT molecular complexity index is 618. The van der Waals surface area contributed by atoms with Crippen LogP contribution in [-0.4, -0.2) is 5.91 Å². The lowest BCUT2D eigenvalue weighted by atomic mass is 9.82. The molecule has 0 saturated heterocycles. The highest BCUT2D eigenvalue weighted by molar-refractivity contribution is 5.94. The average Bonchev–Trinajstić information content (AvgIpc) is 2.52. The van der Waals surface area contributed by atoms with Crippen LogP contribution in [0, 0.1) is 5.41 Å². The zero-order valence-corrected chi connectivity index (χ0v) is 14.7. The molecule has 124 valence electrons. The molecule has 2 aromatic rings. The molecule has 1 atom stereocenters. The molecular formula is C19H25ClN2O. The van der Waals surface area contributed by atoms with Crippen molar-refractivity contribution in [3.63, 3.8) is 0 Å². The molecule has 0 fully saturated rings. The quantitative estimate of drug-likeness (QED) is 0.886. The molecule has 4 heteroatoms. The van der Waals surface area contributed by atoms with Gasteiger partial charge in [0, 0.05) is 12.1 Å². The minimum Gasteiger partial charge on any atom is -0.345 e. The van der Waals surface area contributed by atoms with Crippen molar-refractivity contribution in [3.05, 3.63) is 71.3 Å². The molecule has 1 amide bonds. The van der Waals surface area contributed by atoms with Gasteiger partial charge in [-0.1, -0.05) is 63.2 Å². The second-order valence-electron chi connectivity index (χ2n) is 6.58. The summed E-state index contributed by atoms with van der Waals surface area (Å²) < 4.78 is 0. The highest BCUT2D eigenvalue weighted by atomic mass is 35.5. The Balaban J connectivity index is 0.00000264. The zero-order chi connectivity index (χ0) is 16.2. The van der Waals surface area contributed by atoms with Crippen LogP contribution in [0.15, 0.2) is 54.6 Å². The number of carbonyl (C=O) groups excluding carboxylic acids is 1. The van der Waals surface area contributed by atoms with E-state index in [1.165, 1.54) is 0 Å². The topological polar surface area (TPSA) is 55.1 Å². The maximum Gasteiger partial charge on any atom is 0.251 e. The van der Waals surface area contributed by atoms with Crippen molar-refractivity contribution < 1.29 is 4.79 Å². The van der Waals surface area contributed by atoms with Crippen molar-refractivity contribution in [3.8, 4) is 0 Å². The minimum atomic E-state index is -0.0752. The summed E-state index contributed by atoms with van der Waals surface area (Å²) in [5, 5.41) is 3.16. The first-order valence-electron chi connectivity index (χ1n) is 7.56. The Morgan fingerprint density at radius 1 is 1.04 bits per heavy atom. The van der Waals surface area contributed by atoms with Crippen LogP contribution >= 0.6 is 12.4 Å². The third kappa shape index (κ3) is 5.08. The first kappa shape index (κ1) is 19.2.